The molecule has 0 saturated heterocycles. The van der Waals surface area contributed by atoms with Crippen molar-refractivity contribution in [3.63, 3.8) is 0 Å². The number of para-hydroxylation sites is 1. The van der Waals surface area contributed by atoms with Gasteiger partial charge in [-0.05, 0) is 40.4 Å². The van der Waals surface area contributed by atoms with Gasteiger partial charge in [-0.1, -0.05) is 25.1 Å². The van der Waals surface area contributed by atoms with E-state index in [0.717, 1.165) is 12.0 Å². The molecular weight excluding hydrogens is 270 g/mol. The zero-order chi connectivity index (χ0) is 14.1. The van der Waals surface area contributed by atoms with E-state index >= 15 is 0 Å². The summed E-state index contributed by atoms with van der Waals surface area (Å²) in [6.45, 7) is 2.74. The van der Waals surface area contributed by atoms with E-state index in [-0.39, 0.29) is 0 Å². The van der Waals surface area contributed by atoms with Crippen molar-refractivity contribution in [1.29, 1.82) is 0 Å². The highest BCUT2D eigenvalue weighted by molar-refractivity contribution is 7.12. The molecule has 0 aliphatic carbocycles. The topological polar surface area (TPSA) is 42.2 Å². The van der Waals surface area contributed by atoms with E-state index in [1.165, 1.54) is 27.8 Å². The van der Waals surface area contributed by atoms with Gasteiger partial charge in [-0.2, -0.15) is 0 Å². The van der Waals surface area contributed by atoms with Crippen LogP contribution in [0.3, 0.4) is 0 Å². The number of carboxylic acid groups (broad SMARTS) is 1. The number of aryl methyl sites for hydroxylation is 1. The van der Waals surface area contributed by atoms with Gasteiger partial charge in [-0.3, -0.25) is 0 Å². The lowest BCUT2D eigenvalue weighted by molar-refractivity contribution is 0.0701. The van der Waals surface area contributed by atoms with E-state index in [1.807, 2.05) is 17.6 Å². The van der Waals surface area contributed by atoms with Gasteiger partial charge >= 0.3 is 5.97 Å². The van der Waals surface area contributed by atoms with Gasteiger partial charge in [0.25, 0.3) is 0 Å². The number of nitrogens with zero attached hydrogens (tertiary/aromatic N) is 1. The molecule has 3 aromatic rings. The number of rotatable bonds is 4. The first kappa shape index (κ1) is 12.9. The molecule has 0 aliphatic rings. The number of aromatic carboxylic acids is 1. The second kappa shape index (κ2) is 5.13. The number of hydrogen-bond acceptors (Lipinski definition) is 2. The highest BCUT2D eigenvalue weighted by Crippen LogP contribution is 2.24. The fourth-order valence-corrected chi connectivity index (χ4v) is 3.34. The maximum atomic E-state index is 11.2. The largest absolute Gasteiger partial charge is 0.477 e. The van der Waals surface area contributed by atoms with Crippen LogP contribution in [0.15, 0.2) is 41.9 Å². The van der Waals surface area contributed by atoms with Gasteiger partial charge in [0.05, 0.1) is 5.52 Å². The van der Waals surface area contributed by atoms with Crippen molar-refractivity contribution >= 4 is 28.2 Å². The van der Waals surface area contributed by atoms with Crippen LogP contribution in [-0.4, -0.2) is 15.6 Å². The standard InChI is InChI=1S/C16H15NO2S/c1-2-11-4-3-5-12-6-8-17(14(11)12)10-13-7-9-20-15(13)16(18)19/h3-9H,2,10H2,1H3,(H,18,19). The van der Waals surface area contributed by atoms with E-state index < -0.39 is 5.97 Å². The van der Waals surface area contributed by atoms with Crippen LogP contribution >= 0.6 is 11.3 Å². The third kappa shape index (κ3) is 2.12. The molecule has 1 aromatic carbocycles. The summed E-state index contributed by atoms with van der Waals surface area (Å²) in [4.78, 5) is 11.6. The van der Waals surface area contributed by atoms with Crippen molar-refractivity contribution in [2.24, 2.45) is 0 Å². The summed E-state index contributed by atoms with van der Waals surface area (Å²) in [6, 6.07) is 10.3. The van der Waals surface area contributed by atoms with Crippen LogP contribution in [0.25, 0.3) is 10.9 Å². The fourth-order valence-electron chi connectivity index (χ4n) is 2.59. The Morgan fingerprint density at radius 3 is 2.85 bits per heavy atom. The first-order valence-electron chi connectivity index (χ1n) is 6.57. The Morgan fingerprint density at radius 1 is 1.25 bits per heavy atom. The van der Waals surface area contributed by atoms with Crippen LogP contribution in [0.1, 0.15) is 27.7 Å². The number of carbonyl (C=O) groups is 1. The molecule has 2 heterocycles. The van der Waals surface area contributed by atoms with E-state index in [1.54, 1.807) is 0 Å². The molecule has 2 aromatic heterocycles. The van der Waals surface area contributed by atoms with Crippen LogP contribution in [-0.2, 0) is 13.0 Å². The normalized spacial score (nSPS) is 11.1. The van der Waals surface area contributed by atoms with Gasteiger partial charge < -0.3 is 9.67 Å². The molecule has 0 saturated carbocycles. The highest BCUT2D eigenvalue weighted by Gasteiger charge is 2.13. The van der Waals surface area contributed by atoms with E-state index in [0.29, 0.717) is 11.4 Å². The van der Waals surface area contributed by atoms with Gasteiger partial charge in [-0.25, -0.2) is 4.79 Å². The van der Waals surface area contributed by atoms with Crippen LogP contribution in [0, 0.1) is 0 Å². The SMILES string of the molecule is CCc1cccc2ccn(Cc3ccsc3C(=O)O)c12. The Kier molecular flexibility index (Phi) is 3.32. The highest BCUT2D eigenvalue weighted by atomic mass is 32.1. The predicted octanol–water partition coefficient (Wildman–Crippen LogP) is 4.01. The maximum absolute atomic E-state index is 11.2. The minimum absolute atomic E-state index is 0.431. The molecule has 0 fully saturated rings. The molecule has 102 valence electrons. The minimum Gasteiger partial charge on any atom is -0.477 e. The Hall–Kier alpha value is -2.07. The molecule has 0 spiro atoms. The van der Waals surface area contributed by atoms with E-state index in [2.05, 4.69) is 35.8 Å². The average Bonchev–Trinajstić information content (AvgIpc) is 3.06. The van der Waals surface area contributed by atoms with E-state index in [4.69, 9.17) is 0 Å². The summed E-state index contributed by atoms with van der Waals surface area (Å²) in [6.07, 6.45) is 3.00. The van der Waals surface area contributed by atoms with Gasteiger partial charge in [-0.15, -0.1) is 11.3 Å². The van der Waals surface area contributed by atoms with Crippen molar-refractivity contribution in [3.05, 3.63) is 57.9 Å². The number of thiophene rings is 1. The lowest BCUT2D eigenvalue weighted by atomic mass is 10.1. The third-order valence-corrected chi connectivity index (χ3v) is 4.48. The lowest BCUT2D eigenvalue weighted by Crippen LogP contribution is -2.04. The second-order valence-electron chi connectivity index (χ2n) is 4.73. The zero-order valence-electron chi connectivity index (χ0n) is 11.2. The van der Waals surface area contributed by atoms with Crippen molar-refractivity contribution in [1.82, 2.24) is 4.57 Å². The average molecular weight is 285 g/mol. The van der Waals surface area contributed by atoms with Crippen molar-refractivity contribution < 1.29 is 9.90 Å². The Morgan fingerprint density at radius 2 is 2.10 bits per heavy atom. The van der Waals surface area contributed by atoms with Crippen LogP contribution < -0.4 is 0 Å². The maximum Gasteiger partial charge on any atom is 0.346 e. The number of carboxylic acids is 1. The summed E-state index contributed by atoms with van der Waals surface area (Å²) >= 11 is 1.28. The van der Waals surface area contributed by atoms with Crippen molar-refractivity contribution in [2.45, 2.75) is 19.9 Å². The Bertz CT molecular complexity index is 770. The Labute approximate surface area is 121 Å². The molecule has 4 heteroatoms. The van der Waals surface area contributed by atoms with Crippen molar-refractivity contribution in [3.8, 4) is 0 Å². The molecule has 0 radical (unpaired) electrons. The van der Waals surface area contributed by atoms with Crippen LogP contribution in [0.4, 0.5) is 0 Å². The molecular formula is C16H15NO2S. The fraction of sp³-hybridized carbons (Fsp3) is 0.188. The molecule has 0 atom stereocenters. The first-order chi connectivity index (χ1) is 9.70. The molecule has 0 aliphatic heterocycles. The molecule has 20 heavy (non-hydrogen) atoms. The molecule has 0 bridgehead atoms. The van der Waals surface area contributed by atoms with E-state index in [9.17, 15) is 9.90 Å². The van der Waals surface area contributed by atoms with Gasteiger partial charge in [0.15, 0.2) is 0 Å². The second-order valence-corrected chi connectivity index (χ2v) is 5.65. The van der Waals surface area contributed by atoms with Crippen molar-refractivity contribution in [2.75, 3.05) is 0 Å². The smallest absolute Gasteiger partial charge is 0.346 e. The lowest BCUT2D eigenvalue weighted by Gasteiger charge is -2.08. The van der Waals surface area contributed by atoms with Gasteiger partial charge in [0.1, 0.15) is 4.88 Å². The van der Waals surface area contributed by atoms with Crippen LogP contribution in [0.5, 0.6) is 0 Å². The summed E-state index contributed by atoms with van der Waals surface area (Å²) in [5, 5.41) is 12.2. The quantitative estimate of drug-likeness (QED) is 0.787. The summed E-state index contributed by atoms with van der Waals surface area (Å²) in [5.74, 6) is -0.845. The number of benzene rings is 1. The third-order valence-electron chi connectivity index (χ3n) is 3.53. The molecule has 3 rings (SSSR count). The van der Waals surface area contributed by atoms with Crippen LogP contribution in [0.2, 0.25) is 0 Å². The van der Waals surface area contributed by atoms with Gasteiger partial charge in [0, 0.05) is 12.7 Å². The molecule has 1 N–H and O–H groups in total. The number of fused-ring (bicyclic) bond motifs is 1. The van der Waals surface area contributed by atoms with Gasteiger partial charge in [0.2, 0.25) is 0 Å². The zero-order valence-corrected chi connectivity index (χ0v) is 12.0. The summed E-state index contributed by atoms with van der Waals surface area (Å²) in [5.41, 5.74) is 3.36. The number of hydrogen-bond donors (Lipinski definition) is 1. The minimum atomic E-state index is -0.845. The summed E-state index contributed by atoms with van der Waals surface area (Å²) < 4.78 is 2.14. The first-order valence-corrected chi connectivity index (χ1v) is 7.45. The predicted molar refractivity (Wildman–Crippen MR) is 81.7 cm³/mol. The monoisotopic (exact) mass is 285 g/mol. The number of aromatic nitrogens is 1. The Balaban J connectivity index is 2.07. The molecule has 0 amide bonds. The summed E-state index contributed by atoms with van der Waals surface area (Å²) in [7, 11) is 0. The molecule has 0 unspecified atom stereocenters. The molecule has 3 nitrogen and oxygen atoms in total.